The zero-order valence-electron chi connectivity index (χ0n) is 19.3. The Balaban J connectivity index is 0. The minimum absolute atomic E-state index is 0.0748. The lowest BCUT2D eigenvalue weighted by molar-refractivity contribution is 0.0458. The van der Waals surface area contributed by atoms with Crippen LogP contribution >= 0.6 is 0 Å². The standard InChI is InChI=1S/C19H32O4.2C2H6/c1-6-7-8-9-10-19(2,3)16-11-17(22-14-20-4)13-18(12-16)23-15-21-5;2*1-2/h11-13H,6-10,14-15H2,1-5H3;2*1-2H3. The fourth-order valence-electron chi connectivity index (χ4n) is 2.52. The molecule has 4 nitrogen and oxygen atoms in total. The van der Waals surface area contributed by atoms with Crippen molar-refractivity contribution in [2.45, 2.75) is 86.0 Å². The molecule has 160 valence electrons. The van der Waals surface area contributed by atoms with E-state index in [0.717, 1.165) is 17.9 Å². The van der Waals surface area contributed by atoms with E-state index in [4.69, 9.17) is 18.9 Å². The molecule has 0 N–H and O–H groups in total. The largest absolute Gasteiger partial charge is 0.467 e. The van der Waals surface area contributed by atoms with Crippen molar-refractivity contribution in [3.63, 3.8) is 0 Å². The van der Waals surface area contributed by atoms with Gasteiger partial charge < -0.3 is 18.9 Å². The fraction of sp³-hybridized carbons (Fsp3) is 0.739. The summed E-state index contributed by atoms with van der Waals surface area (Å²) in [5.74, 6) is 1.52. The van der Waals surface area contributed by atoms with E-state index in [-0.39, 0.29) is 19.0 Å². The van der Waals surface area contributed by atoms with E-state index < -0.39 is 0 Å². The molecule has 1 rings (SSSR count). The Morgan fingerprint density at radius 1 is 0.741 bits per heavy atom. The Hall–Kier alpha value is -1.26. The van der Waals surface area contributed by atoms with Gasteiger partial charge in [-0.05, 0) is 29.5 Å². The van der Waals surface area contributed by atoms with Crippen LogP contribution < -0.4 is 9.47 Å². The van der Waals surface area contributed by atoms with Crippen LogP contribution in [-0.2, 0) is 14.9 Å². The summed E-state index contributed by atoms with van der Waals surface area (Å²) in [6, 6.07) is 6.03. The van der Waals surface area contributed by atoms with Gasteiger partial charge in [0.2, 0.25) is 0 Å². The number of unbranched alkanes of at least 4 members (excludes halogenated alkanes) is 3. The number of benzene rings is 1. The molecule has 27 heavy (non-hydrogen) atoms. The lowest BCUT2D eigenvalue weighted by Crippen LogP contribution is -2.17. The molecule has 0 saturated heterocycles. The van der Waals surface area contributed by atoms with Gasteiger partial charge in [-0.2, -0.15) is 0 Å². The molecule has 0 aliphatic rings. The fourth-order valence-corrected chi connectivity index (χ4v) is 2.52. The van der Waals surface area contributed by atoms with E-state index in [2.05, 4.69) is 32.9 Å². The highest BCUT2D eigenvalue weighted by Crippen LogP contribution is 2.35. The molecule has 0 fully saturated rings. The highest BCUT2D eigenvalue weighted by molar-refractivity contribution is 5.41. The molecule has 0 atom stereocenters. The monoisotopic (exact) mass is 384 g/mol. The predicted molar refractivity (Wildman–Crippen MR) is 116 cm³/mol. The first-order valence-corrected chi connectivity index (χ1v) is 10.4. The van der Waals surface area contributed by atoms with Crippen LogP contribution in [0, 0.1) is 0 Å². The van der Waals surface area contributed by atoms with Crippen LogP contribution in [0.2, 0.25) is 0 Å². The summed E-state index contributed by atoms with van der Waals surface area (Å²) in [5.41, 5.74) is 1.29. The smallest absolute Gasteiger partial charge is 0.188 e. The Bertz CT molecular complexity index is 418. The summed E-state index contributed by atoms with van der Waals surface area (Å²) in [7, 11) is 3.23. The second kappa shape index (κ2) is 18.1. The van der Waals surface area contributed by atoms with Crippen molar-refractivity contribution in [1.29, 1.82) is 0 Å². The van der Waals surface area contributed by atoms with Gasteiger partial charge in [0.25, 0.3) is 0 Å². The summed E-state index contributed by atoms with van der Waals surface area (Å²) in [6.45, 7) is 15.2. The van der Waals surface area contributed by atoms with Crippen molar-refractivity contribution < 1.29 is 18.9 Å². The van der Waals surface area contributed by atoms with Gasteiger partial charge in [0, 0.05) is 20.3 Å². The van der Waals surface area contributed by atoms with E-state index in [1.54, 1.807) is 14.2 Å². The maximum atomic E-state index is 5.61. The third-order valence-electron chi connectivity index (χ3n) is 4.00. The highest BCUT2D eigenvalue weighted by atomic mass is 16.7. The summed E-state index contributed by atoms with van der Waals surface area (Å²) >= 11 is 0. The van der Waals surface area contributed by atoms with Gasteiger partial charge >= 0.3 is 0 Å². The summed E-state index contributed by atoms with van der Waals surface area (Å²) in [4.78, 5) is 0. The minimum atomic E-state index is 0.0748. The Kier molecular flexibility index (Phi) is 18.8. The van der Waals surface area contributed by atoms with Crippen molar-refractivity contribution in [3.8, 4) is 11.5 Å². The first-order chi connectivity index (χ1) is 13.0. The van der Waals surface area contributed by atoms with E-state index in [9.17, 15) is 0 Å². The topological polar surface area (TPSA) is 36.9 Å². The maximum absolute atomic E-state index is 5.61. The molecular weight excluding hydrogens is 340 g/mol. The van der Waals surface area contributed by atoms with E-state index in [0.29, 0.717) is 0 Å². The Labute approximate surface area is 168 Å². The second-order valence-corrected chi connectivity index (χ2v) is 6.49. The van der Waals surface area contributed by atoms with Crippen LogP contribution in [0.15, 0.2) is 18.2 Å². The third kappa shape index (κ3) is 12.7. The number of hydrogen-bond acceptors (Lipinski definition) is 4. The molecule has 0 radical (unpaired) electrons. The Morgan fingerprint density at radius 2 is 1.22 bits per heavy atom. The molecule has 0 spiro atoms. The van der Waals surface area contributed by atoms with Gasteiger partial charge in [-0.3, -0.25) is 0 Å². The maximum Gasteiger partial charge on any atom is 0.188 e. The molecule has 1 aromatic carbocycles. The van der Waals surface area contributed by atoms with Crippen LogP contribution in [-0.4, -0.2) is 27.8 Å². The molecule has 0 aliphatic heterocycles. The molecule has 0 heterocycles. The van der Waals surface area contributed by atoms with Crippen LogP contribution in [0.5, 0.6) is 11.5 Å². The van der Waals surface area contributed by atoms with Crippen molar-refractivity contribution in [3.05, 3.63) is 23.8 Å². The lowest BCUT2D eigenvalue weighted by Gasteiger charge is -2.26. The highest BCUT2D eigenvalue weighted by Gasteiger charge is 2.22. The molecule has 0 saturated carbocycles. The van der Waals surface area contributed by atoms with Crippen LogP contribution in [0.25, 0.3) is 0 Å². The zero-order chi connectivity index (χ0) is 21.1. The normalized spacial score (nSPS) is 10.3. The average Bonchev–Trinajstić information content (AvgIpc) is 2.71. The quantitative estimate of drug-likeness (QED) is 0.288. The van der Waals surface area contributed by atoms with E-state index in [1.165, 1.54) is 31.2 Å². The second-order valence-electron chi connectivity index (χ2n) is 6.49. The zero-order valence-corrected chi connectivity index (χ0v) is 19.3. The van der Waals surface area contributed by atoms with Gasteiger partial charge in [-0.25, -0.2) is 0 Å². The molecule has 4 heteroatoms. The SMILES string of the molecule is CC.CC.CCCCCCC(C)(C)c1cc(OCOC)cc(OCOC)c1. The first-order valence-electron chi connectivity index (χ1n) is 10.4. The molecule has 0 aliphatic carbocycles. The average molecular weight is 385 g/mol. The van der Waals surface area contributed by atoms with Crippen LogP contribution in [0.3, 0.4) is 0 Å². The van der Waals surface area contributed by atoms with Gasteiger partial charge in [0.1, 0.15) is 11.5 Å². The number of ether oxygens (including phenoxy) is 4. The van der Waals surface area contributed by atoms with Gasteiger partial charge in [0.05, 0.1) is 0 Å². The lowest BCUT2D eigenvalue weighted by atomic mass is 9.80. The number of hydrogen-bond donors (Lipinski definition) is 0. The molecule has 0 aromatic heterocycles. The molecule has 0 amide bonds. The van der Waals surface area contributed by atoms with Crippen LogP contribution in [0.1, 0.15) is 86.1 Å². The molecule has 0 bridgehead atoms. The molecule has 0 unspecified atom stereocenters. The van der Waals surface area contributed by atoms with Gasteiger partial charge in [-0.15, -0.1) is 0 Å². The third-order valence-corrected chi connectivity index (χ3v) is 4.00. The van der Waals surface area contributed by atoms with Gasteiger partial charge in [-0.1, -0.05) is 74.1 Å². The van der Waals surface area contributed by atoms with E-state index >= 15 is 0 Å². The van der Waals surface area contributed by atoms with Crippen molar-refractivity contribution in [2.75, 3.05) is 27.8 Å². The van der Waals surface area contributed by atoms with Gasteiger partial charge in [0.15, 0.2) is 13.6 Å². The van der Waals surface area contributed by atoms with E-state index in [1.807, 2.05) is 33.8 Å². The summed E-state index contributed by atoms with van der Waals surface area (Å²) < 4.78 is 21.2. The number of methoxy groups -OCH3 is 2. The minimum Gasteiger partial charge on any atom is -0.467 e. The summed E-state index contributed by atoms with van der Waals surface area (Å²) in [6.07, 6.45) is 6.22. The summed E-state index contributed by atoms with van der Waals surface area (Å²) in [5, 5.41) is 0. The van der Waals surface area contributed by atoms with Crippen molar-refractivity contribution in [1.82, 2.24) is 0 Å². The number of rotatable bonds is 12. The predicted octanol–water partition coefficient (Wildman–Crippen LogP) is 6.95. The molecule has 1 aromatic rings. The van der Waals surface area contributed by atoms with Crippen molar-refractivity contribution in [2.24, 2.45) is 0 Å². The Morgan fingerprint density at radius 3 is 1.63 bits per heavy atom. The van der Waals surface area contributed by atoms with Crippen molar-refractivity contribution >= 4 is 0 Å². The molecular formula is C23H44O4. The van der Waals surface area contributed by atoms with Crippen LogP contribution in [0.4, 0.5) is 0 Å². The first kappa shape index (κ1) is 28.0.